The molecule has 4 aromatic carbocycles. The number of esters is 3. The van der Waals surface area contributed by atoms with Crippen LogP contribution in [-0.2, 0) is 14.2 Å². The summed E-state index contributed by atoms with van der Waals surface area (Å²) in [5.41, 5.74) is 13.9. The maximum absolute atomic E-state index is 11.6. The number of thiazole rings is 2. The second-order valence-electron chi connectivity index (χ2n) is 12.1. The summed E-state index contributed by atoms with van der Waals surface area (Å²) in [7, 11) is 2.66. The van der Waals surface area contributed by atoms with Gasteiger partial charge in [0.2, 0.25) is 10.8 Å². The number of hydrogen-bond donors (Lipinski definition) is 2. The number of oxime groups is 1. The van der Waals surface area contributed by atoms with E-state index in [2.05, 4.69) is 49.1 Å². The number of hydrogen-bond acceptors (Lipinski definition) is 15. The van der Waals surface area contributed by atoms with Crippen molar-refractivity contribution in [1.82, 2.24) is 20.1 Å². The number of amidine groups is 1. The largest absolute Gasteiger partial charge is 0.465 e. The molecule has 0 atom stereocenters. The molecule has 288 valence electrons. The van der Waals surface area contributed by atoms with Gasteiger partial charge in [0.05, 0.1) is 52.4 Å². The van der Waals surface area contributed by atoms with Crippen molar-refractivity contribution in [2.45, 2.75) is 34.6 Å². The SMILES string of the molecule is CCOC(=O)c1nc2c(C)ccc(C)c2s1.COC(=O)c1ccc(-c2noc(-c3nc4c(C)ccc(C)c4s3)n2)cc1.COC(=O)c1ccc(/C(N)=N/O)cc1. The third kappa shape index (κ3) is 9.22. The van der Waals surface area contributed by atoms with Crippen LogP contribution in [0, 0.1) is 27.7 Å². The summed E-state index contributed by atoms with van der Waals surface area (Å²) in [4.78, 5) is 47.6. The van der Waals surface area contributed by atoms with Gasteiger partial charge in [0.25, 0.3) is 5.89 Å². The van der Waals surface area contributed by atoms with E-state index in [-0.39, 0.29) is 17.8 Å². The minimum absolute atomic E-state index is 0.00131. The molecule has 7 rings (SSSR count). The van der Waals surface area contributed by atoms with Crippen LogP contribution in [0.2, 0.25) is 0 Å². The number of carbonyl (C=O) groups excluding carboxylic acids is 3. The lowest BCUT2D eigenvalue weighted by Crippen LogP contribution is -2.13. The Morgan fingerprint density at radius 3 is 1.70 bits per heavy atom. The standard InChI is InChI=1S/C19H15N3O3S.C12H13NO2S.C9H10N2O3/c1-10-4-5-11(2)15-14(10)20-18(26-15)17-21-16(22-25-17)12-6-8-13(9-7-12)19(23)24-3;1-4-15-12(14)11-13-9-7(2)5-6-8(3)10(9)16-11;1-14-9(12)7-4-2-6(3-5-7)8(10)11-13/h4-9H,1-3H3;5-6H,4H2,1-3H3;2-5,13H,1H3,(H2,10,11). The molecule has 7 aromatic rings. The average molecular weight is 795 g/mol. The van der Waals surface area contributed by atoms with Gasteiger partial charge in [-0.1, -0.05) is 58.8 Å². The number of fused-ring (bicyclic) bond motifs is 2. The highest BCUT2D eigenvalue weighted by Gasteiger charge is 2.18. The molecule has 16 heteroatoms. The Balaban J connectivity index is 0.000000172. The van der Waals surface area contributed by atoms with Crippen molar-refractivity contribution in [2.24, 2.45) is 10.9 Å². The summed E-state index contributed by atoms with van der Waals surface area (Å²) in [6.45, 7) is 10.3. The van der Waals surface area contributed by atoms with Crippen LogP contribution in [-0.4, -0.2) is 69.9 Å². The molecular weight excluding hydrogens is 757 g/mol. The quantitative estimate of drug-likeness (QED) is 0.0392. The molecule has 0 saturated heterocycles. The summed E-state index contributed by atoms with van der Waals surface area (Å²) < 4.78 is 21.8. The van der Waals surface area contributed by atoms with Gasteiger partial charge >= 0.3 is 17.9 Å². The average Bonchev–Trinajstić information content (AvgIpc) is 4.01. The van der Waals surface area contributed by atoms with Crippen LogP contribution in [0.15, 0.2) is 82.5 Å². The number of benzene rings is 4. The van der Waals surface area contributed by atoms with E-state index >= 15 is 0 Å². The lowest BCUT2D eigenvalue weighted by Gasteiger charge is -2.00. The highest BCUT2D eigenvalue weighted by Crippen LogP contribution is 2.34. The zero-order chi connectivity index (χ0) is 40.5. The van der Waals surface area contributed by atoms with Gasteiger partial charge in [0.15, 0.2) is 10.8 Å². The van der Waals surface area contributed by atoms with Crippen molar-refractivity contribution in [3.8, 4) is 22.3 Å². The van der Waals surface area contributed by atoms with E-state index in [1.807, 2.05) is 32.9 Å². The molecule has 0 amide bonds. The molecule has 0 aliphatic carbocycles. The second-order valence-corrected chi connectivity index (χ2v) is 14.1. The van der Waals surface area contributed by atoms with Gasteiger partial charge in [0.1, 0.15) is 0 Å². The molecule has 0 saturated carbocycles. The number of aryl methyl sites for hydroxylation is 4. The third-order valence-electron chi connectivity index (χ3n) is 8.22. The van der Waals surface area contributed by atoms with Gasteiger partial charge < -0.3 is 29.7 Å². The van der Waals surface area contributed by atoms with Gasteiger partial charge in [0, 0.05) is 11.1 Å². The van der Waals surface area contributed by atoms with Crippen LogP contribution in [0.25, 0.3) is 42.7 Å². The van der Waals surface area contributed by atoms with E-state index in [1.165, 1.54) is 31.1 Å². The summed E-state index contributed by atoms with van der Waals surface area (Å²) in [6, 6.07) is 21.3. The van der Waals surface area contributed by atoms with Gasteiger partial charge in [-0.25, -0.2) is 24.4 Å². The third-order valence-corrected chi connectivity index (χ3v) is 10.6. The van der Waals surface area contributed by atoms with Crippen molar-refractivity contribution in [1.29, 1.82) is 0 Å². The van der Waals surface area contributed by atoms with Crippen LogP contribution in [0.5, 0.6) is 0 Å². The molecule has 0 spiro atoms. The van der Waals surface area contributed by atoms with Crippen LogP contribution in [0.1, 0.15) is 65.3 Å². The van der Waals surface area contributed by atoms with E-state index in [4.69, 9.17) is 24.9 Å². The number of nitrogens with two attached hydrogens (primary N) is 1. The van der Waals surface area contributed by atoms with E-state index in [0.717, 1.165) is 42.7 Å². The van der Waals surface area contributed by atoms with Crippen molar-refractivity contribution in [2.75, 3.05) is 20.8 Å². The van der Waals surface area contributed by atoms with E-state index in [1.54, 1.807) is 66.8 Å². The molecule has 0 bridgehead atoms. The first kappa shape index (κ1) is 40.7. The van der Waals surface area contributed by atoms with Gasteiger partial charge in [-0.2, -0.15) is 4.98 Å². The van der Waals surface area contributed by atoms with Crippen molar-refractivity contribution >= 4 is 66.9 Å². The Kier molecular flexibility index (Phi) is 13.2. The Bertz CT molecular complexity index is 2460. The Morgan fingerprint density at radius 2 is 1.20 bits per heavy atom. The number of methoxy groups -OCH3 is 2. The fourth-order valence-corrected chi connectivity index (χ4v) is 7.18. The zero-order valence-corrected chi connectivity index (χ0v) is 33.2. The number of nitrogens with zero attached hydrogens (tertiary/aromatic N) is 5. The van der Waals surface area contributed by atoms with Crippen molar-refractivity contribution in [3.63, 3.8) is 0 Å². The molecule has 0 fully saturated rings. The lowest BCUT2D eigenvalue weighted by atomic mass is 10.1. The highest BCUT2D eigenvalue weighted by molar-refractivity contribution is 7.21. The van der Waals surface area contributed by atoms with E-state index < -0.39 is 5.97 Å². The van der Waals surface area contributed by atoms with Crippen LogP contribution in [0.4, 0.5) is 0 Å². The zero-order valence-electron chi connectivity index (χ0n) is 31.6. The van der Waals surface area contributed by atoms with Gasteiger partial charge in [-0.05, 0) is 81.1 Å². The molecular formula is C40H38N6O8S2. The summed E-state index contributed by atoms with van der Waals surface area (Å²) in [5.74, 6) is -0.299. The minimum Gasteiger partial charge on any atom is -0.465 e. The fourth-order valence-electron chi connectivity index (χ4n) is 5.14. The van der Waals surface area contributed by atoms with Crippen LogP contribution >= 0.6 is 22.7 Å². The molecule has 3 heterocycles. The first-order valence-electron chi connectivity index (χ1n) is 17.0. The molecule has 0 unspecified atom stereocenters. The topological polar surface area (TPSA) is 202 Å². The Morgan fingerprint density at radius 1 is 0.696 bits per heavy atom. The van der Waals surface area contributed by atoms with Crippen LogP contribution < -0.4 is 5.73 Å². The summed E-state index contributed by atoms with van der Waals surface area (Å²) >= 11 is 2.94. The number of aromatic nitrogens is 4. The smallest absolute Gasteiger partial charge is 0.367 e. The number of ether oxygens (including phenoxy) is 3. The number of rotatable bonds is 7. The summed E-state index contributed by atoms with van der Waals surface area (Å²) in [5, 5.41) is 16.4. The lowest BCUT2D eigenvalue weighted by molar-refractivity contribution is 0.0524. The Hall–Kier alpha value is -6.52. The Labute approximate surface area is 329 Å². The van der Waals surface area contributed by atoms with Gasteiger partial charge in [-0.3, -0.25) is 0 Å². The first-order valence-corrected chi connectivity index (χ1v) is 18.6. The summed E-state index contributed by atoms with van der Waals surface area (Å²) in [6.07, 6.45) is 0. The van der Waals surface area contributed by atoms with Crippen molar-refractivity contribution in [3.05, 3.63) is 117 Å². The fraction of sp³-hybridized carbons (Fsp3) is 0.200. The van der Waals surface area contributed by atoms with E-state index in [9.17, 15) is 14.4 Å². The molecule has 0 aliphatic rings. The molecule has 3 N–H and O–H groups in total. The molecule has 0 radical (unpaired) electrons. The minimum atomic E-state index is -0.420. The van der Waals surface area contributed by atoms with Crippen molar-refractivity contribution < 1.29 is 38.3 Å². The van der Waals surface area contributed by atoms with Crippen LogP contribution in [0.3, 0.4) is 0 Å². The van der Waals surface area contributed by atoms with E-state index in [0.29, 0.717) is 45.0 Å². The highest BCUT2D eigenvalue weighted by atomic mass is 32.1. The monoisotopic (exact) mass is 794 g/mol. The maximum Gasteiger partial charge on any atom is 0.367 e. The second kappa shape index (κ2) is 18.2. The predicted molar refractivity (Wildman–Crippen MR) is 215 cm³/mol. The molecule has 3 aromatic heterocycles. The predicted octanol–water partition coefficient (Wildman–Crippen LogP) is 8.07. The maximum atomic E-state index is 11.6. The van der Waals surface area contributed by atoms with Gasteiger partial charge in [-0.15, -0.1) is 22.7 Å². The first-order chi connectivity index (χ1) is 26.9. The molecule has 56 heavy (non-hydrogen) atoms. The molecule has 0 aliphatic heterocycles. The normalized spacial score (nSPS) is 10.9. The number of carbonyl (C=O) groups is 3. The molecule has 14 nitrogen and oxygen atoms in total.